The van der Waals surface area contributed by atoms with E-state index in [0.29, 0.717) is 18.4 Å². The number of piperazine rings is 1. The van der Waals surface area contributed by atoms with Gasteiger partial charge in [-0.2, -0.15) is 0 Å². The second kappa shape index (κ2) is 7.32. The molecule has 0 atom stereocenters. The molecule has 1 saturated carbocycles. The van der Waals surface area contributed by atoms with Crippen LogP contribution in [-0.4, -0.2) is 53.6 Å². The molecule has 4 rings (SSSR count). The molecule has 2 heterocycles. The molecule has 0 spiro atoms. The van der Waals surface area contributed by atoms with E-state index in [0.717, 1.165) is 61.8 Å². The summed E-state index contributed by atoms with van der Waals surface area (Å²) in [5.74, 6) is 2.42. The van der Waals surface area contributed by atoms with Crippen LogP contribution in [0.4, 0.5) is 5.82 Å². The number of anilines is 1. The lowest BCUT2D eigenvalue weighted by Gasteiger charge is -2.35. The monoisotopic (exact) mass is 352 g/mol. The number of nitrogens with zero attached hydrogens (tertiary/aromatic N) is 4. The molecule has 1 aromatic heterocycles. The third kappa shape index (κ3) is 3.64. The maximum absolute atomic E-state index is 12.2. The molecule has 6 nitrogen and oxygen atoms in total. The zero-order valence-corrected chi connectivity index (χ0v) is 15.1. The average Bonchev–Trinajstić information content (AvgIpc) is 3.54. The molecule has 1 aromatic carbocycles. The number of ether oxygens (including phenoxy) is 1. The van der Waals surface area contributed by atoms with Gasteiger partial charge in [0.1, 0.15) is 17.9 Å². The van der Waals surface area contributed by atoms with Crippen LogP contribution in [0, 0.1) is 5.92 Å². The summed E-state index contributed by atoms with van der Waals surface area (Å²) < 4.78 is 5.49. The third-order valence-electron chi connectivity index (χ3n) is 4.96. The second-order valence-corrected chi connectivity index (χ2v) is 6.81. The Morgan fingerprint density at radius 1 is 1.12 bits per heavy atom. The molecule has 1 saturated heterocycles. The van der Waals surface area contributed by atoms with Gasteiger partial charge in [-0.1, -0.05) is 0 Å². The van der Waals surface area contributed by atoms with Gasteiger partial charge < -0.3 is 14.5 Å². The van der Waals surface area contributed by atoms with Crippen molar-refractivity contribution in [3.8, 4) is 17.0 Å². The first-order valence-corrected chi connectivity index (χ1v) is 9.33. The van der Waals surface area contributed by atoms with Gasteiger partial charge in [0.15, 0.2) is 0 Å². The smallest absolute Gasteiger partial charge is 0.225 e. The summed E-state index contributed by atoms with van der Waals surface area (Å²) in [6.07, 6.45) is 3.75. The van der Waals surface area contributed by atoms with E-state index in [2.05, 4.69) is 14.9 Å². The van der Waals surface area contributed by atoms with Crippen molar-refractivity contribution < 1.29 is 9.53 Å². The van der Waals surface area contributed by atoms with Gasteiger partial charge in [0.25, 0.3) is 0 Å². The standard InChI is InChI=1S/C20H24N4O2/c1-2-26-17-7-5-15(6-8-17)18-13-19(22-14-21-18)23-9-11-24(12-10-23)20(25)16-3-4-16/h5-8,13-14,16H,2-4,9-12H2,1H3. The van der Waals surface area contributed by atoms with Crippen molar-refractivity contribution in [1.82, 2.24) is 14.9 Å². The highest BCUT2D eigenvalue weighted by atomic mass is 16.5. The Bertz CT molecular complexity index is 766. The summed E-state index contributed by atoms with van der Waals surface area (Å²) in [4.78, 5) is 25.3. The molecular weight excluding hydrogens is 328 g/mol. The lowest BCUT2D eigenvalue weighted by Crippen LogP contribution is -2.49. The first kappa shape index (κ1) is 16.8. The van der Waals surface area contributed by atoms with Crippen molar-refractivity contribution >= 4 is 11.7 Å². The minimum atomic E-state index is 0.298. The van der Waals surface area contributed by atoms with E-state index < -0.39 is 0 Å². The summed E-state index contributed by atoms with van der Waals surface area (Å²) in [7, 11) is 0. The lowest BCUT2D eigenvalue weighted by molar-refractivity contribution is -0.132. The van der Waals surface area contributed by atoms with Crippen LogP contribution in [0.25, 0.3) is 11.3 Å². The predicted octanol–water partition coefficient (Wildman–Crippen LogP) is 2.60. The quantitative estimate of drug-likeness (QED) is 0.828. The topological polar surface area (TPSA) is 58.6 Å². The summed E-state index contributed by atoms with van der Waals surface area (Å²) in [6.45, 7) is 5.82. The minimum absolute atomic E-state index is 0.298. The second-order valence-electron chi connectivity index (χ2n) is 6.81. The average molecular weight is 352 g/mol. The molecule has 2 aromatic rings. The van der Waals surface area contributed by atoms with Crippen LogP contribution in [0.1, 0.15) is 19.8 Å². The molecule has 1 aliphatic carbocycles. The number of hydrogen-bond donors (Lipinski definition) is 0. The van der Waals surface area contributed by atoms with Gasteiger partial charge in [-0.15, -0.1) is 0 Å². The molecule has 1 amide bonds. The zero-order valence-electron chi connectivity index (χ0n) is 15.1. The Morgan fingerprint density at radius 2 is 1.85 bits per heavy atom. The highest BCUT2D eigenvalue weighted by Crippen LogP contribution is 2.31. The van der Waals surface area contributed by atoms with E-state index in [1.54, 1.807) is 6.33 Å². The molecule has 0 N–H and O–H groups in total. The van der Waals surface area contributed by atoms with Crippen LogP contribution in [0.3, 0.4) is 0 Å². The Labute approximate surface area is 153 Å². The number of benzene rings is 1. The fourth-order valence-corrected chi connectivity index (χ4v) is 3.31. The fourth-order valence-electron chi connectivity index (χ4n) is 3.31. The van der Waals surface area contributed by atoms with Gasteiger partial charge in [0.05, 0.1) is 12.3 Å². The Balaban J connectivity index is 1.43. The summed E-state index contributed by atoms with van der Waals surface area (Å²) in [6, 6.07) is 9.98. The van der Waals surface area contributed by atoms with E-state index in [1.165, 1.54) is 0 Å². The summed E-state index contributed by atoms with van der Waals surface area (Å²) in [5, 5.41) is 0. The maximum atomic E-state index is 12.2. The van der Waals surface area contributed by atoms with Crippen molar-refractivity contribution in [2.75, 3.05) is 37.7 Å². The van der Waals surface area contributed by atoms with Crippen molar-refractivity contribution in [1.29, 1.82) is 0 Å². The van der Waals surface area contributed by atoms with Gasteiger partial charge in [-0.25, -0.2) is 9.97 Å². The van der Waals surface area contributed by atoms with Crippen LogP contribution < -0.4 is 9.64 Å². The van der Waals surface area contributed by atoms with E-state index >= 15 is 0 Å². The molecule has 26 heavy (non-hydrogen) atoms. The van der Waals surface area contributed by atoms with Crippen molar-refractivity contribution in [3.63, 3.8) is 0 Å². The van der Waals surface area contributed by atoms with Gasteiger partial charge in [0.2, 0.25) is 5.91 Å². The number of hydrogen-bond acceptors (Lipinski definition) is 5. The molecule has 2 aliphatic rings. The molecule has 1 aliphatic heterocycles. The number of carbonyl (C=O) groups excluding carboxylic acids is 1. The largest absolute Gasteiger partial charge is 0.494 e. The lowest BCUT2D eigenvalue weighted by atomic mass is 10.1. The van der Waals surface area contributed by atoms with Crippen molar-refractivity contribution in [2.24, 2.45) is 5.92 Å². The Hall–Kier alpha value is -2.63. The molecule has 0 bridgehead atoms. The Morgan fingerprint density at radius 3 is 2.50 bits per heavy atom. The van der Waals surface area contributed by atoms with Crippen LogP contribution in [0.15, 0.2) is 36.7 Å². The third-order valence-corrected chi connectivity index (χ3v) is 4.96. The van der Waals surface area contributed by atoms with E-state index in [4.69, 9.17) is 4.74 Å². The van der Waals surface area contributed by atoms with Crippen molar-refractivity contribution in [3.05, 3.63) is 36.7 Å². The molecule has 0 unspecified atom stereocenters. The first-order chi connectivity index (χ1) is 12.7. The summed E-state index contributed by atoms with van der Waals surface area (Å²) >= 11 is 0. The van der Waals surface area contributed by atoms with E-state index in [1.807, 2.05) is 42.2 Å². The highest BCUT2D eigenvalue weighted by Gasteiger charge is 2.34. The summed E-state index contributed by atoms with van der Waals surface area (Å²) in [5.41, 5.74) is 1.94. The number of carbonyl (C=O) groups is 1. The number of aromatic nitrogens is 2. The fraction of sp³-hybridized carbons (Fsp3) is 0.450. The Kier molecular flexibility index (Phi) is 4.73. The number of amides is 1. The van der Waals surface area contributed by atoms with Crippen LogP contribution in [-0.2, 0) is 4.79 Å². The normalized spacial score (nSPS) is 17.3. The van der Waals surface area contributed by atoms with Gasteiger partial charge in [-0.05, 0) is 44.0 Å². The minimum Gasteiger partial charge on any atom is -0.494 e. The van der Waals surface area contributed by atoms with Crippen LogP contribution in [0.2, 0.25) is 0 Å². The maximum Gasteiger partial charge on any atom is 0.225 e. The van der Waals surface area contributed by atoms with Gasteiger partial charge in [0, 0.05) is 43.7 Å². The van der Waals surface area contributed by atoms with E-state index in [-0.39, 0.29) is 0 Å². The number of rotatable bonds is 5. The zero-order chi connectivity index (χ0) is 17.9. The first-order valence-electron chi connectivity index (χ1n) is 9.33. The molecule has 2 fully saturated rings. The van der Waals surface area contributed by atoms with Crippen LogP contribution >= 0.6 is 0 Å². The van der Waals surface area contributed by atoms with E-state index in [9.17, 15) is 4.79 Å². The molecular formula is C20H24N4O2. The van der Waals surface area contributed by atoms with Crippen LogP contribution in [0.5, 0.6) is 5.75 Å². The molecule has 6 heteroatoms. The van der Waals surface area contributed by atoms with Gasteiger partial charge >= 0.3 is 0 Å². The molecule has 136 valence electrons. The highest BCUT2D eigenvalue weighted by molar-refractivity contribution is 5.81. The molecule has 0 radical (unpaired) electrons. The van der Waals surface area contributed by atoms with Gasteiger partial charge in [-0.3, -0.25) is 4.79 Å². The van der Waals surface area contributed by atoms with Crippen molar-refractivity contribution in [2.45, 2.75) is 19.8 Å². The predicted molar refractivity (Wildman–Crippen MR) is 100 cm³/mol. The SMILES string of the molecule is CCOc1ccc(-c2cc(N3CCN(C(=O)C4CC4)CC3)ncn2)cc1.